The van der Waals surface area contributed by atoms with Crippen LogP contribution in [0.15, 0.2) is 35.5 Å². The normalized spacial score (nSPS) is 19.2. The van der Waals surface area contributed by atoms with Crippen molar-refractivity contribution in [2.24, 2.45) is 11.1 Å². The van der Waals surface area contributed by atoms with Crippen LogP contribution in [0.2, 0.25) is 0 Å². The lowest BCUT2D eigenvalue weighted by atomic mass is 9.98. The van der Waals surface area contributed by atoms with Crippen molar-refractivity contribution in [1.29, 1.82) is 0 Å². The van der Waals surface area contributed by atoms with Crippen LogP contribution in [0.1, 0.15) is 18.4 Å². The quantitative estimate of drug-likeness (QED) is 0.480. The summed E-state index contributed by atoms with van der Waals surface area (Å²) in [6.45, 7) is 3.21. The molecule has 0 bridgehead atoms. The number of benzene rings is 1. The molecule has 1 N–H and O–H groups in total. The molecule has 0 saturated carbocycles. The highest BCUT2D eigenvalue weighted by atomic mass is 16.4. The number of hydrogen-bond acceptors (Lipinski definition) is 3. The van der Waals surface area contributed by atoms with Gasteiger partial charge in [-0.05, 0) is 37.4 Å². The first-order valence-corrected chi connectivity index (χ1v) is 5.82. The summed E-state index contributed by atoms with van der Waals surface area (Å²) >= 11 is 0. The molecule has 1 fully saturated rings. The summed E-state index contributed by atoms with van der Waals surface area (Å²) < 4.78 is 0. The Morgan fingerprint density at radius 2 is 1.94 bits per heavy atom. The summed E-state index contributed by atoms with van der Waals surface area (Å²) in [7, 11) is 0. The lowest BCUT2D eigenvalue weighted by molar-refractivity contribution is 0.201. The predicted molar refractivity (Wildman–Crippen MR) is 64.7 cm³/mol. The molecule has 86 valence electrons. The smallest absolute Gasteiger partial charge is 0.0467 e. The number of likely N-dealkylation sites (tertiary alicyclic amines) is 1. The van der Waals surface area contributed by atoms with E-state index < -0.39 is 0 Å². The third kappa shape index (κ3) is 3.07. The SMILES string of the molecule is O/N=C/C1CCN(Cc2ccccc2)CC1. The molecule has 0 amide bonds. The Morgan fingerprint density at radius 1 is 1.25 bits per heavy atom. The fourth-order valence-electron chi connectivity index (χ4n) is 2.20. The van der Waals surface area contributed by atoms with Crippen molar-refractivity contribution in [3.05, 3.63) is 35.9 Å². The van der Waals surface area contributed by atoms with Gasteiger partial charge in [0.05, 0.1) is 0 Å². The van der Waals surface area contributed by atoms with Crippen molar-refractivity contribution < 1.29 is 5.21 Å². The van der Waals surface area contributed by atoms with Crippen LogP contribution in [-0.2, 0) is 6.54 Å². The zero-order valence-electron chi connectivity index (χ0n) is 9.42. The van der Waals surface area contributed by atoms with Gasteiger partial charge in [0.1, 0.15) is 0 Å². The molecule has 0 atom stereocenters. The summed E-state index contributed by atoms with van der Waals surface area (Å²) in [5.41, 5.74) is 1.37. The van der Waals surface area contributed by atoms with Gasteiger partial charge in [-0.15, -0.1) is 5.16 Å². The molecule has 0 radical (unpaired) electrons. The lowest BCUT2D eigenvalue weighted by Gasteiger charge is -2.30. The maximum Gasteiger partial charge on any atom is 0.0467 e. The Bertz CT molecular complexity index is 329. The molecule has 16 heavy (non-hydrogen) atoms. The minimum atomic E-state index is 0.456. The maximum absolute atomic E-state index is 8.48. The molecule has 1 aromatic rings. The Balaban J connectivity index is 1.81. The van der Waals surface area contributed by atoms with Gasteiger partial charge in [-0.25, -0.2) is 0 Å². The van der Waals surface area contributed by atoms with E-state index >= 15 is 0 Å². The van der Waals surface area contributed by atoms with Gasteiger partial charge in [0.2, 0.25) is 0 Å². The third-order valence-corrected chi connectivity index (χ3v) is 3.16. The number of oxime groups is 1. The van der Waals surface area contributed by atoms with Crippen molar-refractivity contribution in [1.82, 2.24) is 4.90 Å². The van der Waals surface area contributed by atoms with Crippen LogP contribution in [-0.4, -0.2) is 29.4 Å². The van der Waals surface area contributed by atoms with Crippen LogP contribution in [0, 0.1) is 5.92 Å². The van der Waals surface area contributed by atoms with E-state index in [0.29, 0.717) is 5.92 Å². The molecule has 0 aromatic heterocycles. The molecule has 1 aromatic carbocycles. The average Bonchev–Trinajstić information content (AvgIpc) is 2.33. The Hall–Kier alpha value is -1.35. The molecule has 2 rings (SSSR count). The maximum atomic E-state index is 8.48. The summed E-state index contributed by atoms with van der Waals surface area (Å²) in [4.78, 5) is 2.46. The van der Waals surface area contributed by atoms with Gasteiger partial charge in [-0.2, -0.15) is 0 Å². The van der Waals surface area contributed by atoms with Crippen molar-refractivity contribution in [3.63, 3.8) is 0 Å². The molecule has 1 aliphatic rings. The predicted octanol–water partition coefficient (Wildman–Crippen LogP) is 2.36. The first-order valence-electron chi connectivity index (χ1n) is 5.82. The second-order valence-corrected chi connectivity index (χ2v) is 4.36. The number of hydrogen-bond donors (Lipinski definition) is 1. The highest BCUT2D eigenvalue weighted by Gasteiger charge is 2.17. The van der Waals surface area contributed by atoms with E-state index in [2.05, 4.69) is 34.3 Å². The molecule has 0 spiro atoms. The van der Waals surface area contributed by atoms with E-state index in [4.69, 9.17) is 5.21 Å². The van der Waals surface area contributed by atoms with Gasteiger partial charge in [0.15, 0.2) is 0 Å². The zero-order chi connectivity index (χ0) is 11.2. The monoisotopic (exact) mass is 218 g/mol. The number of nitrogens with zero attached hydrogens (tertiary/aromatic N) is 2. The van der Waals surface area contributed by atoms with E-state index in [9.17, 15) is 0 Å². The Kier molecular flexibility index (Phi) is 3.94. The van der Waals surface area contributed by atoms with Gasteiger partial charge < -0.3 is 5.21 Å². The first-order chi connectivity index (χ1) is 7.88. The minimum absolute atomic E-state index is 0.456. The first kappa shape index (κ1) is 11.1. The van der Waals surface area contributed by atoms with Gasteiger partial charge >= 0.3 is 0 Å². The summed E-state index contributed by atoms with van der Waals surface area (Å²) in [6.07, 6.45) is 3.85. The van der Waals surface area contributed by atoms with Crippen LogP contribution in [0.5, 0.6) is 0 Å². The summed E-state index contributed by atoms with van der Waals surface area (Å²) in [5, 5.41) is 11.6. The van der Waals surface area contributed by atoms with E-state index in [1.54, 1.807) is 6.21 Å². The fraction of sp³-hybridized carbons (Fsp3) is 0.462. The third-order valence-electron chi connectivity index (χ3n) is 3.16. The fourth-order valence-corrected chi connectivity index (χ4v) is 2.20. The van der Waals surface area contributed by atoms with Crippen LogP contribution >= 0.6 is 0 Å². The van der Waals surface area contributed by atoms with Crippen LogP contribution in [0.3, 0.4) is 0 Å². The minimum Gasteiger partial charge on any atom is -0.411 e. The molecule has 3 heteroatoms. The lowest BCUT2D eigenvalue weighted by Crippen LogP contribution is -2.33. The van der Waals surface area contributed by atoms with E-state index in [0.717, 1.165) is 32.5 Å². The molecular formula is C13H18N2O. The van der Waals surface area contributed by atoms with Crippen molar-refractivity contribution in [2.75, 3.05) is 13.1 Å². The van der Waals surface area contributed by atoms with Crippen LogP contribution in [0.4, 0.5) is 0 Å². The second kappa shape index (κ2) is 5.66. The number of piperidine rings is 1. The Morgan fingerprint density at radius 3 is 2.56 bits per heavy atom. The zero-order valence-corrected chi connectivity index (χ0v) is 9.42. The molecule has 0 aliphatic carbocycles. The van der Waals surface area contributed by atoms with E-state index in [1.807, 2.05) is 6.07 Å². The Labute approximate surface area is 96.4 Å². The highest BCUT2D eigenvalue weighted by Crippen LogP contribution is 2.17. The summed E-state index contributed by atoms with van der Waals surface area (Å²) in [6, 6.07) is 10.6. The molecular weight excluding hydrogens is 200 g/mol. The van der Waals surface area contributed by atoms with Crippen LogP contribution in [0.25, 0.3) is 0 Å². The van der Waals surface area contributed by atoms with Crippen molar-refractivity contribution in [2.45, 2.75) is 19.4 Å². The van der Waals surface area contributed by atoms with Gasteiger partial charge in [0, 0.05) is 12.8 Å². The van der Waals surface area contributed by atoms with Crippen LogP contribution < -0.4 is 0 Å². The molecule has 1 heterocycles. The number of rotatable bonds is 3. The van der Waals surface area contributed by atoms with E-state index in [1.165, 1.54) is 5.56 Å². The van der Waals surface area contributed by atoms with Gasteiger partial charge in [0.25, 0.3) is 0 Å². The largest absolute Gasteiger partial charge is 0.411 e. The second-order valence-electron chi connectivity index (χ2n) is 4.36. The average molecular weight is 218 g/mol. The molecule has 3 nitrogen and oxygen atoms in total. The summed E-state index contributed by atoms with van der Waals surface area (Å²) in [5.74, 6) is 0.456. The van der Waals surface area contributed by atoms with E-state index in [-0.39, 0.29) is 0 Å². The molecule has 1 saturated heterocycles. The van der Waals surface area contributed by atoms with Gasteiger partial charge in [-0.3, -0.25) is 4.90 Å². The van der Waals surface area contributed by atoms with Crippen molar-refractivity contribution in [3.8, 4) is 0 Å². The topological polar surface area (TPSA) is 35.8 Å². The van der Waals surface area contributed by atoms with Crippen molar-refractivity contribution >= 4 is 6.21 Å². The highest BCUT2D eigenvalue weighted by molar-refractivity contribution is 5.59. The standard InChI is InChI=1S/C13H18N2O/c16-14-10-12-6-8-15(9-7-12)11-13-4-2-1-3-5-13/h1-5,10,12,16H,6-9,11H2/b14-10+. The molecule has 1 aliphatic heterocycles. The molecule has 0 unspecified atom stereocenters. The van der Waals surface area contributed by atoms with Gasteiger partial charge in [-0.1, -0.05) is 30.3 Å².